The van der Waals surface area contributed by atoms with Gasteiger partial charge in [-0.25, -0.2) is 0 Å². The fraction of sp³-hybridized carbons (Fsp3) is 1.00. The van der Waals surface area contributed by atoms with E-state index in [1.165, 1.54) is 6.92 Å². The van der Waals surface area contributed by atoms with E-state index in [4.69, 9.17) is 19.3 Å². The lowest BCUT2D eigenvalue weighted by molar-refractivity contribution is -0.416. The highest BCUT2D eigenvalue weighted by Crippen LogP contribution is 2.34. The topological polar surface area (TPSA) is 190 Å². The zero-order chi connectivity index (χ0) is 18.2. The number of rotatable bonds is 4. The number of ether oxygens (including phenoxy) is 3. The van der Waals surface area contributed by atoms with E-state index in [9.17, 15) is 35.7 Å². The molecule has 0 amide bonds. The summed E-state index contributed by atoms with van der Waals surface area (Å²) in [6.45, 7) is -0.180. The fourth-order valence-corrected chi connectivity index (χ4v) is 2.79. The van der Waals surface area contributed by atoms with Crippen molar-refractivity contribution in [2.75, 3.05) is 13.2 Å². The highest BCUT2D eigenvalue weighted by atomic mass is 16.8. The van der Waals surface area contributed by atoms with Crippen LogP contribution in [0.15, 0.2) is 0 Å². The molecule has 2 rings (SSSR count). The van der Waals surface area contributed by atoms with E-state index in [1.807, 2.05) is 0 Å². The Morgan fingerprint density at radius 1 is 0.792 bits per heavy atom. The van der Waals surface area contributed by atoms with E-state index in [0.717, 1.165) is 0 Å². The third-order valence-electron chi connectivity index (χ3n) is 4.36. The molecule has 11 heteroatoms. The fourth-order valence-electron chi connectivity index (χ4n) is 2.79. The molecule has 0 aromatic rings. The molecule has 2 heterocycles. The molecular formula is C13H24O11. The van der Waals surface area contributed by atoms with Crippen molar-refractivity contribution >= 4 is 0 Å². The van der Waals surface area contributed by atoms with Crippen LogP contribution in [0.2, 0.25) is 0 Å². The van der Waals surface area contributed by atoms with Crippen LogP contribution in [-0.2, 0) is 14.2 Å². The van der Waals surface area contributed by atoms with Crippen molar-refractivity contribution < 1.29 is 55.1 Å². The maximum atomic E-state index is 10.1. The van der Waals surface area contributed by atoms with Gasteiger partial charge in [-0.3, -0.25) is 0 Å². The third kappa shape index (κ3) is 3.43. The minimum absolute atomic E-state index is 0.675. The minimum Gasteiger partial charge on any atom is -0.394 e. The van der Waals surface area contributed by atoms with Crippen LogP contribution in [0.5, 0.6) is 0 Å². The largest absolute Gasteiger partial charge is 0.394 e. The summed E-state index contributed by atoms with van der Waals surface area (Å²) in [6, 6.07) is 0. The van der Waals surface area contributed by atoms with E-state index in [0.29, 0.717) is 0 Å². The van der Waals surface area contributed by atoms with Gasteiger partial charge in [-0.15, -0.1) is 0 Å². The minimum atomic E-state index is -2.01. The molecule has 11 nitrogen and oxygen atoms in total. The van der Waals surface area contributed by atoms with Crippen molar-refractivity contribution in [2.24, 2.45) is 0 Å². The lowest BCUT2D eigenvalue weighted by atomic mass is 9.93. The summed E-state index contributed by atoms with van der Waals surface area (Å²) in [5.41, 5.74) is 0. The smallest absolute Gasteiger partial charge is 0.197 e. The summed E-state index contributed by atoms with van der Waals surface area (Å²) < 4.78 is 15.8. The molecule has 0 aromatic heterocycles. The third-order valence-corrected chi connectivity index (χ3v) is 4.36. The SMILES string of the molecule is C[C@]1(O[C@@H]2O[C@H](CO)[C@H](O)[C@H](O)[C@H]2O)O[C@H](CO)[C@@H](O)[C@H](O)[C@H]1O. The number of hydrogen-bond acceptors (Lipinski definition) is 11. The number of aliphatic hydroxyl groups excluding tert-OH is 8. The van der Waals surface area contributed by atoms with E-state index in [1.54, 1.807) is 0 Å². The summed E-state index contributed by atoms with van der Waals surface area (Å²) in [4.78, 5) is 0. The first-order valence-corrected chi connectivity index (χ1v) is 7.47. The van der Waals surface area contributed by atoms with Crippen LogP contribution in [0.3, 0.4) is 0 Å². The van der Waals surface area contributed by atoms with E-state index in [-0.39, 0.29) is 0 Å². The number of hydrogen-bond donors (Lipinski definition) is 8. The Kier molecular flexibility index (Phi) is 6.16. The summed E-state index contributed by atoms with van der Waals surface area (Å²) in [5.74, 6) is -2.01. The Balaban J connectivity index is 2.18. The van der Waals surface area contributed by atoms with Gasteiger partial charge in [0, 0.05) is 0 Å². The second-order valence-electron chi connectivity index (χ2n) is 6.10. The van der Waals surface area contributed by atoms with E-state index < -0.39 is 74.1 Å². The molecule has 10 atom stereocenters. The molecule has 0 bridgehead atoms. The van der Waals surface area contributed by atoms with Gasteiger partial charge in [-0.1, -0.05) is 0 Å². The standard InChI is InChI=1S/C13H24O11/c1-13(11(21)9(19)7(17)5(3-15)23-13)24-12-10(20)8(18)6(16)4(2-14)22-12/h4-12,14-21H,2-3H2,1H3/t4-,5-,6+,7-,8+,9+,10-,11-,12+,13-/m1/s1. The van der Waals surface area contributed by atoms with Crippen molar-refractivity contribution in [1.82, 2.24) is 0 Å². The van der Waals surface area contributed by atoms with Crippen molar-refractivity contribution in [3.8, 4) is 0 Å². The van der Waals surface area contributed by atoms with Crippen LogP contribution < -0.4 is 0 Å². The molecule has 2 aliphatic rings. The van der Waals surface area contributed by atoms with Gasteiger partial charge in [-0.2, -0.15) is 0 Å². The highest BCUT2D eigenvalue weighted by molar-refractivity contribution is 4.96. The molecule has 0 aliphatic carbocycles. The molecule has 2 aliphatic heterocycles. The molecule has 8 N–H and O–H groups in total. The maximum absolute atomic E-state index is 10.1. The molecule has 0 spiro atoms. The van der Waals surface area contributed by atoms with Crippen LogP contribution >= 0.6 is 0 Å². The van der Waals surface area contributed by atoms with Crippen molar-refractivity contribution in [3.63, 3.8) is 0 Å². The second-order valence-corrected chi connectivity index (χ2v) is 6.10. The summed E-state index contributed by atoms with van der Waals surface area (Å²) in [5, 5.41) is 77.4. The van der Waals surface area contributed by atoms with Gasteiger partial charge < -0.3 is 55.1 Å². The van der Waals surface area contributed by atoms with E-state index in [2.05, 4.69) is 0 Å². The summed E-state index contributed by atoms with van der Waals surface area (Å²) in [6.07, 6.45) is -14.2. The summed E-state index contributed by atoms with van der Waals surface area (Å²) in [7, 11) is 0. The Morgan fingerprint density at radius 3 is 1.88 bits per heavy atom. The van der Waals surface area contributed by atoms with Gasteiger partial charge in [-0.05, 0) is 6.92 Å². The van der Waals surface area contributed by atoms with Crippen LogP contribution in [-0.4, -0.2) is 115 Å². The molecule has 24 heavy (non-hydrogen) atoms. The van der Waals surface area contributed by atoms with Crippen molar-refractivity contribution in [1.29, 1.82) is 0 Å². The van der Waals surface area contributed by atoms with Gasteiger partial charge in [0.1, 0.15) is 48.8 Å². The lowest BCUT2D eigenvalue weighted by Gasteiger charge is -2.49. The monoisotopic (exact) mass is 356 g/mol. The molecule has 0 saturated carbocycles. The summed E-state index contributed by atoms with van der Waals surface area (Å²) >= 11 is 0. The molecule has 2 saturated heterocycles. The average Bonchev–Trinajstić information content (AvgIpc) is 2.57. The van der Waals surface area contributed by atoms with Crippen LogP contribution in [0.4, 0.5) is 0 Å². The first-order valence-electron chi connectivity index (χ1n) is 7.47. The van der Waals surface area contributed by atoms with Gasteiger partial charge in [0.2, 0.25) is 0 Å². The predicted octanol–water partition coefficient (Wildman–Crippen LogP) is -5.01. The molecule has 0 radical (unpaired) electrons. The average molecular weight is 356 g/mol. The molecule has 142 valence electrons. The highest BCUT2D eigenvalue weighted by Gasteiger charge is 2.55. The normalized spacial score (nSPS) is 53.1. The Labute approximate surface area is 137 Å². The molecule has 0 unspecified atom stereocenters. The molecule has 2 fully saturated rings. The first kappa shape index (κ1) is 19.9. The Morgan fingerprint density at radius 2 is 1.33 bits per heavy atom. The zero-order valence-electron chi connectivity index (χ0n) is 12.9. The quantitative estimate of drug-likeness (QED) is 0.241. The van der Waals surface area contributed by atoms with Crippen LogP contribution in [0.25, 0.3) is 0 Å². The predicted molar refractivity (Wildman–Crippen MR) is 73.2 cm³/mol. The van der Waals surface area contributed by atoms with Crippen molar-refractivity contribution in [3.05, 3.63) is 0 Å². The Bertz CT molecular complexity index is 419. The van der Waals surface area contributed by atoms with Crippen molar-refractivity contribution in [2.45, 2.75) is 67.8 Å². The zero-order valence-corrected chi connectivity index (χ0v) is 12.9. The molecule has 0 aromatic carbocycles. The first-order chi connectivity index (χ1) is 11.2. The number of aliphatic hydroxyl groups is 8. The van der Waals surface area contributed by atoms with Gasteiger partial charge in [0.15, 0.2) is 12.1 Å². The van der Waals surface area contributed by atoms with Crippen LogP contribution in [0, 0.1) is 0 Å². The maximum Gasteiger partial charge on any atom is 0.197 e. The van der Waals surface area contributed by atoms with E-state index >= 15 is 0 Å². The molecular weight excluding hydrogens is 332 g/mol. The lowest BCUT2D eigenvalue weighted by Crippen LogP contribution is -2.68. The van der Waals surface area contributed by atoms with Gasteiger partial charge in [0.05, 0.1) is 13.2 Å². The van der Waals surface area contributed by atoms with Gasteiger partial charge in [0.25, 0.3) is 0 Å². The van der Waals surface area contributed by atoms with Crippen LogP contribution in [0.1, 0.15) is 6.92 Å². The second kappa shape index (κ2) is 7.43. The Hall–Kier alpha value is -0.440. The van der Waals surface area contributed by atoms with Gasteiger partial charge >= 0.3 is 0 Å².